The summed E-state index contributed by atoms with van der Waals surface area (Å²) in [7, 11) is 0. The topological polar surface area (TPSA) is 119 Å². The molecule has 0 N–H and O–H groups in total. The molecule has 0 radical (unpaired) electrons. The van der Waals surface area contributed by atoms with Gasteiger partial charge in [0.2, 0.25) is 0 Å². The highest BCUT2D eigenvalue weighted by molar-refractivity contribution is 6.26. The van der Waals surface area contributed by atoms with Gasteiger partial charge in [0.1, 0.15) is 50.6 Å². The Bertz CT molecular complexity index is 10000. The summed E-state index contributed by atoms with van der Waals surface area (Å²) in [6, 6.07) is 152. The van der Waals surface area contributed by atoms with Gasteiger partial charge >= 0.3 is 0 Å². The van der Waals surface area contributed by atoms with Crippen LogP contribution in [0.2, 0.25) is 0 Å². The zero-order valence-electron chi connectivity index (χ0n) is 74.9. The molecule has 27 aromatic rings. The molecule has 0 atom stereocenters. The standard InChI is InChI=1S/3C42H24N2O3/c1-2-10-25(11-3-1)26-12-6-13-27(24-26)43(30-16-8-18-33-38(30)28-14-4-5-17-32(28)45-33)31-22-23-37-42-39(31)29-15-7-19-34-40(29)44(42)41-35(46-34)20-9-21-36(41)47-37;1-2-9-25(10-3-1)26-11-6-12-27(23-26)43(28-19-20-30-29-13-4-5-15-33(29)45-38(30)24-28)32-21-22-37-42-39(32)31-14-7-16-34-40(31)44(42)41-35(46-34)17-8-18-36(41)47-37;1-2-8-25(9-3-1)26-16-18-27(19-17-26)43(28-20-22-34-31(24-28)29-10-4-5-12-33(29)45-34)32-21-23-38-42-39(32)30-11-6-13-35-40(30)44(42)41-36(46-35)14-7-15-37(41)47-38/h3*1-24H. The summed E-state index contributed by atoms with van der Waals surface area (Å²) < 4.78 is 65.2. The summed E-state index contributed by atoms with van der Waals surface area (Å²) in [5.74, 6) is 9.73. The van der Waals surface area contributed by atoms with Gasteiger partial charge in [-0.1, -0.05) is 243 Å². The number of para-hydroxylation sites is 9. The molecule has 0 aliphatic carbocycles. The fourth-order valence-corrected chi connectivity index (χ4v) is 22.7. The molecule has 12 heterocycles. The van der Waals surface area contributed by atoms with Gasteiger partial charge in [-0.3, -0.25) is 13.7 Å². The Morgan fingerprint density at radius 2 is 0.447 bits per heavy atom. The van der Waals surface area contributed by atoms with Crippen molar-refractivity contribution >= 4 is 182 Å². The van der Waals surface area contributed by atoms with E-state index in [0.29, 0.717) is 0 Å². The fourth-order valence-electron chi connectivity index (χ4n) is 22.7. The zero-order valence-corrected chi connectivity index (χ0v) is 74.9. The largest absolute Gasteiger partial charge is 0.456 e. The van der Waals surface area contributed by atoms with Gasteiger partial charge in [0.15, 0.2) is 69.0 Å². The van der Waals surface area contributed by atoms with Crippen LogP contribution < -0.4 is 43.1 Å². The van der Waals surface area contributed by atoms with Gasteiger partial charge in [-0.05, 0) is 221 Å². The maximum absolute atomic E-state index is 6.59. The molecule has 0 unspecified atom stereocenters. The van der Waals surface area contributed by atoms with Gasteiger partial charge in [0.05, 0.1) is 61.2 Å². The lowest BCUT2D eigenvalue weighted by Gasteiger charge is -2.29. The molecule has 15 heteroatoms. The minimum atomic E-state index is 0.790. The molecule has 660 valence electrons. The van der Waals surface area contributed by atoms with Crippen molar-refractivity contribution in [3.05, 3.63) is 437 Å². The normalized spacial score (nSPS) is 12.6. The van der Waals surface area contributed by atoms with Crippen LogP contribution in [0.25, 0.3) is 182 Å². The maximum Gasteiger partial charge on any atom is 0.155 e. The molecule has 0 saturated heterocycles. The van der Waals surface area contributed by atoms with Crippen molar-refractivity contribution in [1.82, 2.24) is 13.7 Å². The molecule has 6 aromatic heterocycles. The highest BCUT2D eigenvalue weighted by atomic mass is 16.5. The van der Waals surface area contributed by atoms with Gasteiger partial charge in [-0.15, -0.1) is 0 Å². The van der Waals surface area contributed by atoms with Crippen LogP contribution in [0, 0.1) is 0 Å². The predicted molar refractivity (Wildman–Crippen MR) is 565 cm³/mol. The third-order valence-corrected chi connectivity index (χ3v) is 28.6. The van der Waals surface area contributed by atoms with Gasteiger partial charge in [0.25, 0.3) is 0 Å². The summed E-state index contributed by atoms with van der Waals surface area (Å²) in [6.07, 6.45) is 0. The van der Waals surface area contributed by atoms with Crippen LogP contribution >= 0.6 is 0 Å². The number of benzene rings is 21. The Labute approximate surface area is 803 Å². The first kappa shape index (κ1) is 77.0. The zero-order chi connectivity index (χ0) is 91.9. The van der Waals surface area contributed by atoms with E-state index in [9.17, 15) is 0 Å². The van der Waals surface area contributed by atoms with E-state index < -0.39 is 0 Å². The van der Waals surface area contributed by atoms with Gasteiger partial charge in [-0.25, -0.2) is 0 Å². The Morgan fingerprint density at radius 1 is 0.149 bits per heavy atom. The number of anilines is 9. The van der Waals surface area contributed by atoms with Crippen molar-refractivity contribution in [2.75, 3.05) is 14.7 Å². The van der Waals surface area contributed by atoms with Crippen LogP contribution in [0.1, 0.15) is 0 Å². The monoisotopic (exact) mass is 1810 g/mol. The second kappa shape index (κ2) is 29.6. The molecule has 0 saturated carbocycles. The molecule has 15 nitrogen and oxygen atoms in total. The van der Waals surface area contributed by atoms with E-state index in [1.165, 1.54) is 16.7 Å². The first-order valence-corrected chi connectivity index (χ1v) is 47.3. The molecule has 0 fully saturated rings. The molecule has 6 aliphatic heterocycles. The number of ether oxygens (including phenoxy) is 6. The number of rotatable bonds is 12. The summed E-state index contributed by atoms with van der Waals surface area (Å²) in [5.41, 5.74) is 30.6. The number of fused-ring (bicyclic) bond motifs is 12. The van der Waals surface area contributed by atoms with Crippen LogP contribution in [0.15, 0.2) is 450 Å². The van der Waals surface area contributed by atoms with Crippen LogP contribution in [0.4, 0.5) is 51.2 Å². The number of nitrogens with zero attached hydrogens (tertiary/aromatic N) is 6. The van der Waals surface area contributed by atoms with E-state index in [2.05, 4.69) is 356 Å². The van der Waals surface area contributed by atoms with E-state index in [-0.39, 0.29) is 0 Å². The number of hydrogen-bond acceptors (Lipinski definition) is 12. The van der Waals surface area contributed by atoms with Crippen molar-refractivity contribution in [3.8, 4) is 119 Å². The molecular formula is C126H72N6O9. The average Bonchev–Trinajstić information content (AvgIpc) is 1.54. The van der Waals surface area contributed by atoms with Crippen LogP contribution in [-0.4, -0.2) is 13.7 Å². The van der Waals surface area contributed by atoms with Crippen molar-refractivity contribution in [2.24, 2.45) is 0 Å². The van der Waals surface area contributed by atoms with Gasteiger partial charge < -0.3 is 56.4 Å². The van der Waals surface area contributed by atoms with Gasteiger partial charge in [0, 0.05) is 93.8 Å². The van der Waals surface area contributed by atoms with Crippen molar-refractivity contribution in [2.45, 2.75) is 0 Å². The Balaban J connectivity index is 0.0000000972. The van der Waals surface area contributed by atoms with E-state index in [1.807, 2.05) is 109 Å². The highest BCUT2D eigenvalue weighted by Gasteiger charge is 2.40. The van der Waals surface area contributed by atoms with Crippen LogP contribution in [0.5, 0.6) is 69.0 Å². The third-order valence-electron chi connectivity index (χ3n) is 28.6. The van der Waals surface area contributed by atoms with E-state index >= 15 is 0 Å². The minimum absolute atomic E-state index is 0.790. The maximum atomic E-state index is 6.59. The lowest BCUT2D eigenvalue weighted by molar-refractivity contribution is 0.443. The molecule has 6 aliphatic rings. The van der Waals surface area contributed by atoms with Crippen molar-refractivity contribution in [1.29, 1.82) is 0 Å². The molecule has 0 amide bonds. The third kappa shape index (κ3) is 11.4. The molecule has 0 bridgehead atoms. The Hall–Kier alpha value is -19.4. The number of furan rings is 3. The summed E-state index contributed by atoms with van der Waals surface area (Å²) in [4.78, 5) is 7.08. The second-order valence-electron chi connectivity index (χ2n) is 36.4. The first-order chi connectivity index (χ1) is 69.9. The minimum Gasteiger partial charge on any atom is -0.456 e. The smallest absolute Gasteiger partial charge is 0.155 e. The van der Waals surface area contributed by atoms with Crippen LogP contribution in [-0.2, 0) is 0 Å². The predicted octanol–water partition coefficient (Wildman–Crippen LogP) is 36.1. The second-order valence-corrected chi connectivity index (χ2v) is 36.4. The molecule has 0 spiro atoms. The molecular weight excluding hydrogens is 1740 g/mol. The number of hydrogen-bond donors (Lipinski definition) is 0. The van der Waals surface area contributed by atoms with Gasteiger partial charge in [-0.2, -0.15) is 0 Å². The Kier molecular flexibility index (Phi) is 16.1. The van der Waals surface area contributed by atoms with Crippen molar-refractivity contribution in [3.63, 3.8) is 0 Å². The average molecular weight is 1810 g/mol. The number of aromatic nitrogens is 3. The molecule has 141 heavy (non-hydrogen) atoms. The van der Waals surface area contributed by atoms with E-state index in [0.717, 1.165) is 285 Å². The lowest BCUT2D eigenvalue weighted by atomic mass is 10.0. The Morgan fingerprint density at radius 3 is 0.936 bits per heavy atom. The molecule has 21 aromatic carbocycles. The fraction of sp³-hybridized carbons (Fsp3) is 0. The van der Waals surface area contributed by atoms with E-state index in [1.54, 1.807) is 0 Å². The highest BCUT2D eigenvalue weighted by Crippen LogP contribution is 2.63. The lowest BCUT2D eigenvalue weighted by Crippen LogP contribution is -2.12. The summed E-state index contributed by atoms with van der Waals surface area (Å²) >= 11 is 0. The SMILES string of the molecule is c1ccc(-c2ccc(N(c3ccc4oc5ccccc5c4c3)c3ccc4c5c3c3cccc6c3n5-c3c(cccc3O4)O6)cc2)cc1.c1ccc(-c2cccc(N(c3ccc4c(c3)oc3ccccc34)c3ccc4c5c3c3cccc6c3n5-c3c(cccc3O4)O6)c2)cc1.c1ccc(-c2cccc(N(c3cccc4oc5ccccc5c34)c3ccc4c5c3c3cccc6c3n5-c3c(cccc3O4)O6)c2)cc1. The quantitative estimate of drug-likeness (QED) is 0.116. The first-order valence-electron chi connectivity index (χ1n) is 47.3. The summed E-state index contributed by atoms with van der Waals surface area (Å²) in [5, 5.41) is 13.2. The van der Waals surface area contributed by atoms with Crippen LogP contribution in [0.3, 0.4) is 0 Å². The summed E-state index contributed by atoms with van der Waals surface area (Å²) in [6.45, 7) is 0. The van der Waals surface area contributed by atoms with E-state index in [4.69, 9.17) is 41.7 Å². The molecule has 33 rings (SSSR count). The van der Waals surface area contributed by atoms with Crippen molar-refractivity contribution < 1.29 is 41.7 Å².